The molecule has 0 fully saturated rings. The first-order valence-corrected chi connectivity index (χ1v) is 7.36. The van der Waals surface area contributed by atoms with Crippen LogP contribution in [0.5, 0.6) is 0 Å². The molecule has 112 valence electrons. The smallest absolute Gasteiger partial charge is 0.188 e. The Bertz CT molecular complexity index is 833. The summed E-state index contributed by atoms with van der Waals surface area (Å²) in [6.45, 7) is 0. The van der Waals surface area contributed by atoms with Gasteiger partial charge in [0.1, 0.15) is 5.82 Å². The topological polar surface area (TPSA) is 17.1 Å². The number of benzene rings is 3. The molecule has 2 heteroatoms. The summed E-state index contributed by atoms with van der Waals surface area (Å²) < 4.78 is 13.6. The van der Waals surface area contributed by atoms with Crippen LogP contribution in [0.25, 0.3) is 17.2 Å². The Morgan fingerprint density at radius 3 is 2.04 bits per heavy atom. The molecule has 3 aromatic carbocycles. The molecule has 0 saturated carbocycles. The number of hydrogen-bond acceptors (Lipinski definition) is 1. The number of ketones is 1. The lowest BCUT2D eigenvalue weighted by Gasteiger charge is -2.02. The van der Waals surface area contributed by atoms with E-state index >= 15 is 0 Å². The zero-order valence-corrected chi connectivity index (χ0v) is 12.4. The zero-order chi connectivity index (χ0) is 16.1. The highest BCUT2D eigenvalue weighted by molar-refractivity contribution is 6.07. The molecule has 0 N–H and O–H groups in total. The third kappa shape index (κ3) is 3.61. The van der Waals surface area contributed by atoms with Crippen LogP contribution in [0, 0.1) is 5.82 Å². The largest absolute Gasteiger partial charge is 0.289 e. The van der Waals surface area contributed by atoms with E-state index in [9.17, 15) is 9.18 Å². The van der Waals surface area contributed by atoms with Crippen molar-refractivity contribution in [3.8, 4) is 11.1 Å². The molecule has 0 spiro atoms. The van der Waals surface area contributed by atoms with Crippen molar-refractivity contribution in [2.45, 2.75) is 0 Å². The minimum Gasteiger partial charge on any atom is -0.289 e. The van der Waals surface area contributed by atoms with E-state index in [1.807, 2.05) is 54.6 Å². The molecule has 0 heterocycles. The van der Waals surface area contributed by atoms with Crippen LogP contribution in [-0.4, -0.2) is 5.78 Å². The first-order valence-electron chi connectivity index (χ1n) is 7.36. The van der Waals surface area contributed by atoms with Crippen molar-refractivity contribution >= 4 is 11.9 Å². The maximum Gasteiger partial charge on any atom is 0.188 e. The lowest BCUT2D eigenvalue weighted by Crippen LogP contribution is -1.97. The molecule has 0 aliphatic rings. The van der Waals surface area contributed by atoms with Gasteiger partial charge in [-0.15, -0.1) is 0 Å². The number of allylic oxidation sites excluding steroid dienone is 1. The van der Waals surface area contributed by atoms with Crippen LogP contribution in [0.2, 0.25) is 0 Å². The second-order valence-corrected chi connectivity index (χ2v) is 5.17. The predicted molar refractivity (Wildman–Crippen MR) is 91.6 cm³/mol. The standard InChI is InChI=1S/C21H15FO/c22-20-9-5-4-8-19(20)21(23)15-12-16-10-13-18(14-11-16)17-6-2-1-3-7-17/h1-15H. The molecule has 1 nitrogen and oxygen atoms in total. The van der Waals surface area contributed by atoms with E-state index in [0.717, 1.165) is 16.7 Å². The van der Waals surface area contributed by atoms with Gasteiger partial charge in [0, 0.05) is 0 Å². The zero-order valence-electron chi connectivity index (χ0n) is 12.4. The second kappa shape index (κ2) is 6.84. The highest BCUT2D eigenvalue weighted by atomic mass is 19.1. The minimum absolute atomic E-state index is 0.0876. The molecule has 0 aliphatic heterocycles. The first kappa shape index (κ1) is 14.9. The van der Waals surface area contributed by atoms with Crippen molar-refractivity contribution in [2.75, 3.05) is 0 Å². The van der Waals surface area contributed by atoms with E-state index in [2.05, 4.69) is 0 Å². The Hall–Kier alpha value is -3.00. The quantitative estimate of drug-likeness (QED) is 0.466. The van der Waals surface area contributed by atoms with Crippen LogP contribution in [0.3, 0.4) is 0 Å². The van der Waals surface area contributed by atoms with E-state index in [-0.39, 0.29) is 11.3 Å². The third-order valence-electron chi connectivity index (χ3n) is 3.58. The molecule has 0 saturated heterocycles. The maximum absolute atomic E-state index is 13.6. The van der Waals surface area contributed by atoms with Gasteiger partial charge in [-0.1, -0.05) is 72.8 Å². The summed E-state index contributed by atoms with van der Waals surface area (Å²) in [6.07, 6.45) is 3.10. The SMILES string of the molecule is O=C(C=Cc1ccc(-c2ccccc2)cc1)c1ccccc1F. The van der Waals surface area contributed by atoms with Crippen molar-refractivity contribution in [1.29, 1.82) is 0 Å². The highest BCUT2D eigenvalue weighted by Gasteiger charge is 2.07. The summed E-state index contributed by atoms with van der Waals surface area (Å²) in [6, 6.07) is 23.9. The van der Waals surface area contributed by atoms with Crippen LogP contribution in [0.1, 0.15) is 15.9 Å². The van der Waals surface area contributed by atoms with E-state index in [0.29, 0.717) is 0 Å². The number of halogens is 1. The van der Waals surface area contributed by atoms with E-state index < -0.39 is 5.82 Å². The fourth-order valence-corrected chi connectivity index (χ4v) is 2.34. The molecule has 23 heavy (non-hydrogen) atoms. The fraction of sp³-hybridized carbons (Fsp3) is 0. The molecule has 0 aromatic heterocycles. The Morgan fingerprint density at radius 2 is 1.35 bits per heavy atom. The van der Waals surface area contributed by atoms with Gasteiger partial charge < -0.3 is 0 Å². The maximum atomic E-state index is 13.6. The first-order chi connectivity index (χ1) is 11.2. The molecule has 3 aromatic rings. The summed E-state index contributed by atoms with van der Waals surface area (Å²) in [5, 5.41) is 0. The van der Waals surface area contributed by atoms with Gasteiger partial charge in [-0.25, -0.2) is 4.39 Å². The lowest BCUT2D eigenvalue weighted by molar-refractivity contribution is 0.104. The van der Waals surface area contributed by atoms with Gasteiger partial charge in [0.05, 0.1) is 5.56 Å². The predicted octanol–water partition coefficient (Wildman–Crippen LogP) is 5.39. The average molecular weight is 302 g/mol. The summed E-state index contributed by atoms with van der Waals surface area (Å²) >= 11 is 0. The van der Waals surface area contributed by atoms with E-state index in [4.69, 9.17) is 0 Å². The van der Waals surface area contributed by atoms with Gasteiger partial charge in [-0.2, -0.15) is 0 Å². The van der Waals surface area contributed by atoms with Crippen LogP contribution in [-0.2, 0) is 0 Å². The average Bonchev–Trinajstić information content (AvgIpc) is 2.61. The van der Waals surface area contributed by atoms with Crippen molar-refractivity contribution in [3.63, 3.8) is 0 Å². The Morgan fingerprint density at radius 1 is 0.739 bits per heavy atom. The third-order valence-corrected chi connectivity index (χ3v) is 3.58. The summed E-state index contributed by atoms with van der Waals surface area (Å²) in [4.78, 5) is 12.0. The lowest BCUT2D eigenvalue weighted by atomic mass is 10.0. The van der Waals surface area contributed by atoms with Crippen LogP contribution < -0.4 is 0 Å². The molecule has 0 bridgehead atoms. The van der Waals surface area contributed by atoms with Crippen molar-refractivity contribution in [1.82, 2.24) is 0 Å². The van der Waals surface area contributed by atoms with Crippen molar-refractivity contribution in [2.24, 2.45) is 0 Å². The summed E-state index contributed by atoms with van der Waals surface area (Å²) in [7, 11) is 0. The van der Waals surface area contributed by atoms with E-state index in [1.54, 1.807) is 18.2 Å². The minimum atomic E-state index is -0.499. The van der Waals surface area contributed by atoms with Gasteiger partial charge in [0.25, 0.3) is 0 Å². The molecular formula is C21H15FO. The Balaban J connectivity index is 1.76. The van der Waals surface area contributed by atoms with E-state index in [1.165, 1.54) is 18.2 Å². The summed E-state index contributed by atoms with van der Waals surface area (Å²) in [5.74, 6) is -0.836. The van der Waals surface area contributed by atoms with Crippen LogP contribution in [0.15, 0.2) is 84.9 Å². The Labute approximate surface area is 134 Å². The highest BCUT2D eigenvalue weighted by Crippen LogP contribution is 2.19. The molecule has 0 radical (unpaired) electrons. The second-order valence-electron chi connectivity index (χ2n) is 5.17. The normalized spacial score (nSPS) is 10.8. The van der Waals surface area contributed by atoms with Crippen LogP contribution >= 0.6 is 0 Å². The molecule has 0 unspecified atom stereocenters. The van der Waals surface area contributed by atoms with Gasteiger partial charge >= 0.3 is 0 Å². The number of carbonyl (C=O) groups is 1. The monoisotopic (exact) mass is 302 g/mol. The fourth-order valence-electron chi connectivity index (χ4n) is 2.34. The number of hydrogen-bond donors (Lipinski definition) is 0. The molecule has 3 rings (SSSR count). The Kier molecular flexibility index (Phi) is 4.44. The van der Waals surface area contributed by atoms with Crippen molar-refractivity contribution < 1.29 is 9.18 Å². The van der Waals surface area contributed by atoms with Crippen molar-refractivity contribution in [3.05, 3.63) is 102 Å². The summed E-state index contributed by atoms with van der Waals surface area (Å²) in [5.41, 5.74) is 3.24. The molecule has 0 aliphatic carbocycles. The molecule has 0 amide bonds. The van der Waals surface area contributed by atoms with Crippen LogP contribution in [0.4, 0.5) is 4.39 Å². The molecule has 0 atom stereocenters. The number of rotatable bonds is 4. The van der Waals surface area contributed by atoms with Gasteiger partial charge in [-0.05, 0) is 34.9 Å². The van der Waals surface area contributed by atoms with Gasteiger partial charge in [0.2, 0.25) is 0 Å². The number of carbonyl (C=O) groups excluding carboxylic acids is 1. The van der Waals surface area contributed by atoms with Gasteiger partial charge in [0.15, 0.2) is 5.78 Å². The molecular weight excluding hydrogens is 287 g/mol. The van der Waals surface area contributed by atoms with Gasteiger partial charge in [-0.3, -0.25) is 4.79 Å².